The minimum absolute atomic E-state index is 0. The van der Waals surface area contributed by atoms with Crippen LogP contribution in [0.5, 0.6) is 0 Å². The fourth-order valence-corrected chi connectivity index (χ4v) is 3.70. The third kappa shape index (κ3) is 4.00. The van der Waals surface area contributed by atoms with Gasteiger partial charge in [-0.25, -0.2) is 0 Å². The first-order valence-electron chi connectivity index (χ1n) is 7.51. The molecule has 2 atom stereocenters. The van der Waals surface area contributed by atoms with Crippen molar-refractivity contribution in [3.8, 4) is 0 Å². The van der Waals surface area contributed by atoms with E-state index in [-0.39, 0.29) is 30.3 Å². The quantitative estimate of drug-likeness (QED) is 0.906. The maximum Gasteiger partial charge on any atom is 0.239 e. The molecule has 3 heterocycles. The van der Waals surface area contributed by atoms with Gasteiger partial charge in [-0.1, -0.05) is 0 Å². The number of carbonyl (C=O) groups excluding carboxylic acids is 1. The Morgan fingerprint density at radius 3 is 2.82 bits per heavy atom. The van der Waals surface area contributed by atoms with E-state index in [1.807, 2.05) is 10.3 Å². The van der Waals surface area contributed by atoms with Crippen molar-refractivity contribution < 1.29 is 14.3 Å². The second kappa shape index (κ2) is 8.26. The van der Waals surface area contributed by atoms with E-state index in [4.69, 9.17) is 15.2 Å². The van der Waals surface area contributed by atoms with Gasteiger partial charge in [0, 0.05) is 19.8 Å². The molecule has 2 aliphatic heterocycles. The van der Waals surface area contributed by atoms with E-state index in [2.05, 4.69) is 11.4 Å². The van der Waals surface area contributed by atoms with Crippen molar-refractivity contribution in [2.24, 2.45) is 11.7 Å². The van der Waals surface area contributed by atoms with E-state index < -0.39 is 6.04 Å². The van der Waals surface area contributed by atoms with Crippen LogP contribution in [-0.2, 0) is 14.3 Å². The maximum atomic E-state index is 12.6. The molecule has 7 heteroatoms. The van der Waals surface area contributed by atoms with Gasteiger partial charge < -0.3 is 20.1 Å². The average molecular weight is 347 g/mol. The lowest BCUT2D eigenvalue weighted by molar-refractivity contribution is -0.142. The van der Waals surface area contributed by atoms with E-state index in [0.717, 1.165) is 18.4 Å². The second-order valence-corrected chi connectivity index (χ2v) is 6.46. The highest BCUT2D eigenvalue weighted by Gasteiger charge is 2.33. The molecule has 0 aromatic carbocycles. The van der Waals surface area contributed by atoms with Crippen LogP contribution < -0.4 is 5.73 Å². The number of amides is 1. The van der Waals surface area contributed by atoms with Crippen LogP contribution in [0.2, 0.25) is 0 Å². The summed E-state index contributed by atoms with van der Waals surface area (Å²) in [6.45, 7) is 3.24. The number of hydrogen-bond donors (Lipinski definition) is 1. The van der Waals surface area contributed by atoms with Crippen LogP contribution in [0.3, 0.4) is 0 Å². The second-order valence-electron chi connectivity index (χ2n) is 5.68. The van der Waals surface area contributed by atoms with E-state index in [9.17, 15) is 4.79 Å². The van der Waals surface area contributed by atoms with E-state index in [1.54, 1.807) is 11.3 Å². The topological polar surface area (TPSA) is 64.8 Å². The molecule has 2 unspecified atom stereocenters. The first-order chi connectivity index (χ1) is 10.3. The normalized spacial score (nSPS) is 24.6. The lowest BCUT2D eigenvalue weighted by atomic mass is 9.91. The molecular weight excluding hydrogens is 324 g/mol. The number of morpholine rings is 1. The summed E-state index contributed by atoms with van der Waals surface area (Å²) in [4.78, 5) is 14.5. The Kier molecular flexibility index (Phi) is 6.65. The van der Waals surface area contributed by atoms with Gasteiger partial charge in [-0.2, -0.15) is 11.3 Å². The Balaban J connectivity index is 0.00000176. The summed E-state index contributed by atoms with van der Waals surface area (Å²) in [7, 11) is 0. The number of ether oxygens (including phenoxy) is 2. The van der Waals surface area contributed by atoms with E-state index in [0.29, 0.717) is 32.9 Å². The number of hydrogen-bond acceptors (Lipinski definition) is 5. The molecule has 0 bridgehead atoms. The summed E-state index contributed by atoms with van der Waals surface area (Å²) >= 11 is 1.65. The average Bonchev–Trinajstić information content (AvgIpc) is 3.09. The van der Waals surface area contributed by atoms with Crippen LogP contribution in [0, 0.1) is 5.92 Å². The maximum absolute atomic E-state index is 12.6. The van der Waals surface area contributed by atoms with E-state index in [1.165, 1.54) is 0 Å². The van der Waals surface area contributed by atoms with Crippen molar-refractivity contribution >= 4 is 29.7 Å². The molecule has 5 nitrogen and oxygen atoms in total. The minimum atomic E-state index is -0.407. The SMILES string of the molecule is Cl.NC(C(=O)N1CCOC(c2ccsc2)C1)C1CCOCC1. The van der Waals surface area contributed by atoms with Crippen LogP contribution in [-0.4, -0.2) is 49.8 Å². The lowest BCUT2D eigenvalue weighted by Gasteiger charge is -2.36. The molecule has 124 valence electrons. The zero-order valence-electron chi connectivity index (χ0n) is 12.5. The summed E-state index contributed by atoms with van der Waals surface area (Å²) in [6.07, 6.45) is 1.74. The summed E-state index contributed by atoms with van der Waals surface area (Å²) in [6, 6.07) is 1.65. The molecule has 0 aliphatic carbocycles. The van der Waals surface area contributed by atoms with Gasteiger partial charge in [0.1, 0.15) is 6.10 Å². The molecule has 0 spiro atoms. The summed E-state index contributed by atoms with van der Waals surface area (Å²) in [5, 5.41) is 4.12. The molecule has 2 saturated heterocycles. The summed E-state index contributed by atoms with van der Waals surface area (Å²) in [5.74, 6) is 0.305. The van der Waals surface area contributed by atoms with Gasteiger partial charge in [0.15, 0.2) is 0 Å². The van der Waals surface area contributed by atoms with Gasteiger partial charge >= 0.3 is 0 Å². The molecule has 2 N–H and O–H groups in total. The van der Waals surface area contributed by atoms with Crippen molar-refractivity contribution in [3.63, 3.8) is 0 Å². The Hall–Kier alpha value is -0.660. The standard InChI is InChI=1S/C15H22N2O3S.ClH/c16-14(11-1-5-19-6-2-11)15(18)17-4-7-20-13(9-17)12-3-8-21-10-12;/h3,8,10-11,13-14H,1-2,4-7,9,16H2;1H. The van der Waals surface area contributed by atoms with Gasteiger partial charge in [0.2, 0.25) is 5.91 Å². The zero-order valence-corrected chi connectivity index (χ0v) is 14.1. The smallest absolute Gasteiger partial charge is 0.239 e. The van der Waals surface area contributed by atoms with E-state index >= 15 is 0 Å². The van der Waals surface area contributed by atoms with Crippen LogP contribution in [0.25, 0.3) is 0 Å². The molecule has 1 aromatic heterocycles. The molecule has 22 heavy (non-hydrogen) atoms. The predicted octanol–water partition coefficient (Wildman–Crippen LogP) is 1.82. The minimum Gasteiger partial charge on any atom is -0.381 e. The molecule has 0 saturated carbocycles. The third-order valence-electron chi connectivity index (χ3n) is 4.35. The monoisotopic (exact) mass is 346 g/mol. The van der Waals surface area contributed by atoms with Gasteiger partial charge in [-0.15, -0.1) is 12.4 Å². The first kappa shape index (κ1) is 17.7. The van der Waals surface area contributed by atoms with Crippen molar-refractivity contribution in [3.05, 3.63) is 22.4 Å². The highest BCUT2D eigenvalue weighted by molar-refractivity contribution is 7.07. The number of nitrogens with two attached hydrogens (primary N) is 1. The third-order valence-corrected chi connectivity index (χ3v) is 5.05. The van der Waals surface area contributed by atoms with Crippen molar-refractivity contribution in [2.75, 3.05) is 32.9 Å². The van der Waals surface area contributed by atoms with Crippen LogP contribution in [0.1, 0.15) is 24.5 Å². The number of carbonyl (C=O) groups is 1. The van der Waals surface area contributed by atoms with Crippen molar-refractivity contribution in [1.82, 2.24) is 4.90 Å². The van der Waals surface area contributed by atoms with Crippen LogP contribution >= 0.6 is 23.7 Å². The van der Waals surface area contributed by atoms with Crippen molar-refractivity contribution in [1.29, 1.82) is 0 Å². The van der Waals surface area contributed by atoms with Crippen molar-refractivity contribution in [2.45, 2.75) is 25.0 Å². The summed E-state index contributed by atoms with van der Waals surface area (Å²) < 4.78 is 11.1. The molecular formula is C15H23ClN2O3S. The summed E-state index contributed by atoms with van der Waals surface area (Å²) in [5.41, 5.74) is 7.35. The molecule has 0 radical (unpaired) electrons. The molecule has 1 amide bonds. The molecule has 3 rings (SSSR count). The number of rotatable bonds is 3. The highest BCUT2D eigenvalue weighted by atomic mass is 35.5. The first-order valence-corrected chi connectivity index (χ1v) is 8.46. The van der Waals surface area contributed by atoms with Gasteiger partial charge in [-0.3, -0.25) is 4.79 Å². The van der Waals surface area contributed by atoms with Gasteiger partial charge in [-0.05, 0) is 41.1 Å². The molecule has 2 fully saturated rings. The van der Waals surface area contributed by atoms with Crippen LogP contribution in [0.15, 0.2) is 16.8 Å². The highest BCUT2D eigenvalue weighted by Crippen LogP contribution is 2.26. The number of thiophene rings is 1. The molecule has 2 aliphatic rings. The van der Waals surface area contributed by atoms with Gasteiger partial charge in [0.25, 0.3) is 0 Å². The van der Waals surface area contributed by atoms with Crippen LogP contribution in [0.4, 0.5) is 0 Å². The lowest BCUT2D eigenvalue weighted by Crippen LogP contribution is -2.52. The fraction of sp³-hybridized carbons (Fsp3) is 0.667. The number of nitrogens with zero attached hydrogens (tertiary/aromatic N) is 1. The zero-order chi connectivity index (χ0) is 14.7. The fourth-order valence-electron chi connectivity index (χ4n) is 3.00. The Bertz CT molecular complexity index is 465. The number of halogens is 1. The van der Waals surface area contributed by atoms with Gasteiger partial charge in [0.05, 0.1) is 19.2 Å². The Labute approximate surface area is 141 Å². The Morgan fingerprint density at radius 1 is 1.36 bits per heavy atom. The Morgan fingerprint density at radius 2 is 2.14 bits per heavy atom. The largest absolute Gasteiger partial charge is 0.381 e. The molecule has 1 aromatic rings. The predicted molar refractivity (Wildman–Crippen MR) is 88.4 cm³/mol.